The van der Waals surface area contributed by atoms with Crippen LogP contribution < -0.4 is 0 Å². The van der Waals surface area contributed by atoms with Crippen molar-refractivity contribution in [3.63, 3.8) is 0 Å². The lowest BCUT2D eigenvalue weighted by Gasteiger charge is -2.17. The second-order valence-electron chi connectivity index (χ2n) is 3.81. The van der Waals surface area contributed by atoms with Crippen LogP contribution in [0.2, 0.25) is 0 Å². The number of hydrogen-bond acceptors (Lipinski definition) is 3. The Bertz CT molecular complexity index is 274. The fourth-order valence-electron chi connectivity index (χ4n) is 1.74. The zero-order valence-electron chi connectivity index (χ0n) is 8.61. The summed E-state index contributed by atoms with van der Waals surface area (Å²) in [6.45, 7) is 0.176. The van der Waals surface area contributed by atoms with Crippen molar-refractivity contribution in [1.82, 2.24) is 0 Å². The van der Waals surface area contributed by atoms with Crippen molar-refractivity contribution < 1.29 is 12.6 Å². The quantitative estimate of drug-likeness (QED) is 0.536. The fraction of sp³-hybridized carbons (Fsp3) is 0.800. The topological polar surface area (TPSA) is 43.4 Å². The molecular weight excluding hydrogens is 200 g/mol. The van der Waals surface area contributed by atoms with E-state index >= 15 is 0 Å². The molecule has 0 aromatic rings. The molecule has 0 aliphatic heterocycles. The highest BCUT2D eigenvalue weighted by molar-refractivity contribution is 7.85. The van der Waals surface area contributed by atoms with E-state index in [9.17, 15) is 8.42 Å². The van der Waals surface area contributed by atoms with E-state index in [2.05, 4.69) is 10.3 Å². The summed E-state index contributed by atoms with van der Waals surface area (Å²) >= 11 is 0. The molecule has 1 fully saturated rings. The number of hydrogen-bond donors (Lipinski definition) is 0. The molecular formula is C10H18O3S. The monoisotopic (exact) mass is 218 g/mol. The maximum Gasteiger partial charge on any atom is 0.264 e. The Morgan fingerprint density at radius 2 is 1.93 bits per heavy atom. The van der Waals surface area contributed by atoms with Crippen LogP contribution in [0.3, 0.4) is 0 Å². The van der Waals surface area contributed by atoms with Crippen molar-refractivity contribution in [2.45, 2.75) is 32.1 Å². The van der Waals surface area contributed by atoms with E-state index < -0.39 is 10.1 Å². The first kappa shape index (κ1) is 11.7. The smallest absolute Gasteiger partial charge is 0.264 e. The second kappa shape index (κ2) is 5.51. The first-order valence-corrected chi connectivity index (χ1v) is 6.90. The second-order valence-corrected chi connectivity index (χ2v) is 5.46. The Labute approximate surface area is 86.3 Å². The maximum absolute atomic E-state index is 10.6. The fourth-order valence-corrected chi connectivity index (χ4v) is 2.06. The highest BCUT2D eigenvalue weighted by Gasteiger charge is 2.09. The SMILES string of the molecule is CS(=O)(=O)OC/C=C/C1CCCCC1. The highest BCUT2D eigenvalue weighted by atomic mass is 32.2. The molecule has 1 rings (SSSR count). The van der Waals surface area contributed by atoms with Crippen molar-refractivity contribution in [3.05, 3.63) is 12.2 Å². The van der Waals surface area contributed by atoms with Crippen LogP contribution in [0.1, 0.15) is 32.1 Å². The molecule has 0 amide bonds. The predicted octanol–water partition coefficient (Wildman–Crippen LogP) is 2.10. The lowest BCUT2D eigenvalue weighted by atomic mass is 9.89. The van der Waals surface area contributed by atoms with Crippen molar-refractivity contribution in [3.8, 4) is 0 Å². The molecule has 0 atom stereocenters. The summed E-state index contributed by atoms with van der Waals surface area (Å²) in [6.07, 6.45) is 11.4. The Kier molecular flexibility index (Phi) is 4.62. The van der Waals surface area contributed by atoms with Gasteiger partial charge in [0.2, 0.25) is 0 Å². The zero-order chi connectivity index (χ0) is 10.4. The molecule has 3 nitrogen and oxygen atoms in total. The number of allylic oxidation sites excluding steroid dienone is 1. The molecule has 1 saturated carbocycles. The van der Waals surface area contributed by atoms with Crippen molar-refractivity contribution in [2.75, 3.05) is 12.9 Å². The van der Waals surface area contributed by atoms with Crippen LogP contribution in [0.5, 0.6) is 0 Å². The number of rotatable bonds is 4. The largest absolute Gasteiger partial charge is 0.266 e. The van der Waals surface area contributed by atoms with Gasteiger partial charge >= 0.3 is 0 Å². The summed E-state index contributed by atoms with van der Waals surface area (Å²) in [5.41, 5.74) is 0. The molecule has 14 heavy (non-hydrogen) atoms. The van der Waals surface area contributed by atoms with Gasteiger partial charge in [0.15, 0.2) is 0 Å². The summed E-state index contributed by atoms with van der Waals surface area (Å²) in [7, 11) is -3.28. The average Bonchev–Trinajstić information content (AvgIpc) is 2.13. The maximum atomic E-state index is 10.6. The Morgan fingerprint density at radius 3 is 2.50 bits per heavy atom. The Hall–Kier alpha value is -0.350. The minimum Gasteiger partial charge on any atom is -0.266 e. The molecule has 0 heterocycles. The summed E-state index contributed by atoms with van der Waals surface area (Å²) < 4.78 is 25.9. The first-order chi connectivity index (χ1) is 6.58. The molecule has 82 valence electrons. The van der Waals surface area contributed by atoms with E-state index in [-0.39, 0.29) is 6.61 Å². The van der Waals surface area contributed by atoms with Gasteiger partial charge in [-0.1, -0.05) is 31.4 Å². The van der Waals surface area contributed by atoms with E-state index in [4.69, 9.17) is 0 Å². The van der Waals surface area contributed by atoms with Crippen LogP contribution in [-0.4, -0.2) is 21.3 Å². The van der Waals surface area contributed by atoms with Crippen LogP contribution in [0, 0.1) is 5.92 Å². The standard InChI is InChI=1S/C10H18O3S/c1-14(11,12)13-9-5-8-10-6-3-2-4-7-10/h5,8,10H,2-4,6-7,9H2,1H3/b8-5+. The summed E-state index contributed by atoms with van der Waals surface area (Å²) in [6, 6.07) is 0. The van der Waals surface area contributed by atoms with Crippen LogP contribution in [0.15, 0.2) is 12.2 Å². The molecule has 0 aromatic carbocycles. The molecule has 0 unspecified atom stereocenters. The third kappa shape index (κ3) is 5.40. The van der Waals surface area contributed by atoms with Gasteiger partial charge < -0.3 is 0 Å². The highest BCUT2D eigenvalue weighted by Crippen LogP contribution is 2.24. The van der Waals surface area contributed by atoms with Gasteiger partial charge in [0.1, 0.15) is 0 Å². The van der Waals surface area contributed by atoms with Gasteiger partial charge in [-0.2, -0.15) is 8.42 Å². The van der Waals surface area contributed by atoms with E-state index in [0.29, 0.717) is 5.92 Å². The Balaban J connectivity index is 2.19. The van der Waals surface area contributed by atoms with Crippen LogP contribution >= 0.6 is 0 Å². The average molecular weight is 218 g/mol. The minimum absolute atomic E-state index is 0.176. The lowest BCUT2D eigenvalue weighted by Crippen LogP contribution is -2.05. The minimum atomic E-state index is -3.28. The van der Waals surface area contributed by atoms with E-state index in [0.717, 1.165) is 6.26 Å². The molecule has 1 aliphatic rings. The lowest BCUT2D eigenvalue weighted by molar-refractivity contribution is 0.358. The molecule has 0 spiro atoms. The van der Waals surface area contributed by atoms with Gasteiger partial charge in [0, 0.05) is 0 Å². The van der Waals surface area contributed by atoms with Gasteiger partial charge in [0.05, 0.1) is 12.9 Å². The van der Waals surface area contributed by atoms with Crippen molar-refractivity contribution in [2.24, 2.45) is 5.92 Å². The van der Waals surface area contributed by atoms with E-state index in [1.165, 1.54) is 32.1 Å². The van der Waals surface area contributed by atoms with Crippen LogP contribution in [0.25, 0.3) is 0 Å². The molecule has 0 aromatic heterocycles. The molecule has 1 aliphatic carbocycles. The molecule has 0 saturated heterocycles. The third-order valence-corrected chi connectivity index (χ3v) is 3.00. The molecule has 4 heteroatoms. The zero-order valence-corrected chi connectivity index (χ0v) is 9.42. The summed E-state index contributed by atoms with van der Waals surface area (Å²) in [4.78, 5) is 0. The summed E-state index contributed by atoms with van der Waals surface area (Å²) in [5.74, 6) is 0.631. The predicted molar refractivity (Wildman–Crippen MR) is 56.5 cm³/mol. The van der Waals surface area contributed by atoms with Crippen LogP contribution in [0.4, 0.5) is 0 Å². The molecule has 0 N–H and O–H groups in total. The van der Waals surface area contributed by atoms with Gasteiger partial charge in [-0.15, -0.1) is 0 Å². The Morgan fingerprint density at radius 1 is 1.29 bits per heavy atom. The summed E-state index contributed by atoms with van der Waals surface area (Å²) in [5, 5.41) is 0. The van der Waals surface area contributed by atoms with Gasteiger partial charge in [-0.25, -0.2) is 0 Å². The van der Waals surface area contributed by atoms with Crippen LogP contribution in [-0.2, 0) is 14.3 Å². The van der Waals surface area contributed by atoms with Crippen molar-refractivity contribution in [1.29, 1.82) is 0 Å². The van der Waals surface area contributed by atoms with Gasteiger partial charge in [-0.3, -0.25) is 4.18 Å². The third-order valence-electron chi connectivity index (χ3n) is 2.44. The van der Waals surface area contributed by atoms with E-state index in [1.54, 1.807) is 0 Å². The van der Waals surface area contributed by atoms with Gasteiger partial charge in [-0.05, 0) is 18.8 Å². The first-order valence-electron chi connectivity index (χ1n) is 5.09. The van der Waals surface area contributed by atoms with Gasteiger partial charge in [0.25, 0.3) is 10.1 Å². The molecule has 0 radical (unpaired) electrons. The molecule has 0 bridgehead atoms. The van der Waals surface area contributed by atoms with E-state index in [1.807, 2.05) is 6.08 Å². The normalized spacial score (nSPS) is 20.4. The van der Waals surface area contributed by atoms with Crippen molar-refractivity contribution >= 4 is 10.1 Å².